The van der Waals surface area contributed by atoms with Crippen LogP contribution in [0.1, 0.15) is 23.0 Å². The Morgan fingerprint density at radius 3 is 2.59 bits per heavy atom. The minimum Gasteiger partial charge on any atom is -0.347 e. The van der Waals surface area contributed by atoms with Gasteiger partial charge in [0.05, 0.1) is 5.56 Å². The summed E-state index contributed by atoms with van der Waals surface area (Å²) >= 11 is 0. The van der Waals surface area contributed by atoms with Crippen molar-refractivity contribution in [1.82, 2.24) is 10.3 Å². The number of hydrogen-bond donors (Lipinski definition) is 2. The average molecular weight is 247 g/mol. The molecule has 0 saturated heterocycles. The first kappa shape index (κ1) is 13.4. The fourth-order valence-corrected chi connectivity index (χ4v) is 1.05. The molecule has 0 aromatic carbocycles. The lowest BCUT2D eigenvalue weighted by Crippen LogP contribution is -2.38. The van der Waals surface area contributed by atoms with Gasteiger partial charge in [0.2, 0.25) is 0 Å². The van der Waals surface area contributed by atoms with Crippen LogP contribution in [0.2, 0.25) is 0 Å². The zero-order valence-corrected chi connectivity index (χ0v) is 9.08. The van der Waals surface area contributed by atoms with Crippen molar-refractivity contribution in [1.29, 1.82) is 0 Å². The number of carbonyl (C=O) groups is 1. The molecule has 1 aromatic rings. The molecule has 3 N–H and O–H groups in total. The summed E-state index contributed by atoms with van der Waals surface area (Å²) < 4.78 is 36.7. The van der Waals surface area contributed by atoms with Crippen LogP contribution in [0.3, 0.4) is 0 Å². The highest BCUT2D eigenvalue weighted by Gasteiger charge is 2.30. The zero-order chi connectivity index (χ0) is 13.1. The molecular formula is C10H12F3N3O. The Balaban J connectivity index is 2.78. The Morgan fingerprint density at radius 1 is 1.53 bits per heavy atom. The fourth-order valence-electron chi connectivity index (χ4n) is 1.05. The minimum absolute atomic E-state index is 0.0710. The Kier molecular flexibility index (Phi) is 4.06. The molecule has 7 heteroatoms. The first-order valence-electron chi connectivity index (χ1n) is 4.88. The number of halogens is 3. The van der Waals surface area contributed by atoms with Crippen molar-refractivity contribution < 1.29 is 18.0 Å². The van der Waals surface area contributed by atoms with Gasteiger partial charge in [0, 0.05) is 18.8 Å². The molecule has 17 heavy (non-hydrogen) atoms. The molecule has 1 rings (SSSR count). The number of aromatic nitrogens is 1. The summed E-state index contributed by atoms with van der Waals surface area (Å²) in [6, 6.07) is 1.59. The topological polar surface area (TPSA) is 68.0 Å². The molecule has 1 aromatic heterocycles. The van der Waals surface area contributed by atoms with Gasteiger partial charge >= 0.3 is 6.18 Å². The third kappa shape index (κ3) is 3.70. The number of nitrogens with one attached hydrogen (secondary N) is 1. The third-order valence-corrected chi connectivity index (χ3v) is 2.05. The van der Waals surface area contributed by atoms with E-state index >= 15 is 0 Å². The van der Waals surface area contributed by atoms with Gasteiger partial charge in [-0.25, -0.2) is 0 Å². The lowest BCUT2D eigenvalue weighted by molar-refractivity contribution is -0.137. The highest BCUT2D eigenvalue weighted by molar-refractivity contribution is 5.92. The number of nitrogens with zero attached hydrogens (tertiary/aromatic N) is 1. The summed E-state index contributed by atoms with van der Waals surface area (Å²) in [5, 5.41) is 2.50. The molecule has 0 aliphatic rings. The fraction of sp³-hybridized carbons (Fsp3) is 0.400. The molecule has 0 aliphatic carbocycles. The van der Waals surface area contributed by atoms with E-state index in [1.165, 1.54) is 0 Å². The predicted octanol–water partition coefficient (Wildman–Crippen LogP) is 1.18. The monoisotopic (exact) mass is 247 g/mol. The van der Waals surface area contributed by atoms with Crippen molar-refractivity contribution in [3.63, 3.8) is 0 Å². The summed E-state index contributed by atoms with van der Waals surface area (Å²) in [5.74, 6) is -0.545. The minimum atomic E-state index is -4.45. The van der Waals surface area contributed by atoms with E-state index in [0.717, 1.165) is 12.1 Å². The van der Waals surface area contributed by atoms with Crippen LogP contribution in [0.15, 0.2) is 18.3 Å². The summed E-state index contributed by atoms with van der Waals surface area (Å²) in [6.45, 7) is 1.92. The van der Waals surface area contributed by atoms with Crippen molar-refractivity contribution in [2.24, 2.45) is 5.73 Å². The van der Waals surface area contributed by atoms with Gasteiger partial charge in [-0.2, -0.15) is 13.2 Å². The Hall–Kier alpha value is -1.63. The molecule has 4 nitrogen and oxygen atoms in total. The number of pyridine rings is 1. The normalized spacial score (nSPS) is 13.2. The van der Waals surface area contributed by atoms with E-state index in [1.807, 2.05) is 0 Å². The maximum absolute atomic E-state index is 12.2. The first-order chi connectivity index (χ1) is 7.84. The van der Waals surface area contributed by atoms with Crippen molar-refractivity contribution in [3.8, 4) is 0 Å². The van der Waals surface area contributed by atoms with Crippen LogP contribution < -0.4 is 11.1 Å². The number of nitrogens with two attached hydrogens (primary N) is 1. The molecular weight excluding hydrogens is 235 g/mol. The molecule has 1 heterocycles. The van der Waals surface area contributed by atoms with Crippen molar-refractivity contribution >= 4 is 5.91 Å². The van der Waals surface area contributed by atoms with E-state index < -0.39 is 17.6 Å². The summed E-state index contributed by atoms with van der Waals surface area (Å²) in [7, 11) is 0. The number of rotatable bonds is 3. The maximum Gasteiger partial charge on any atom is 0.417 e. The van der Waals surface area contributed by atoms with Crippen molar-refractivity contribution in [3.05, 3.63) is 29.6 Å². The second kappa shape index (κ2) is 5.13. The lowest BCUT2D eigenvalue weighted by atomic mass is 10.2. The standard InChI is InChI=1S/C10H12F3N3O/c1-6(4-14)16-9(17)8-3-2-7(5-15-8)10(11,12)13/h2-3,5-6H,4,14H2,1H3,(H,16,17). The van der Waals surface area contributed by atoms with Gasteiger partial charge in [0.15, 0.2) is 0 Å². The van der Waals surface area contributed by atoms with Gasteiger partial charge in [-0.05, 0) is 19.1 Å². The van der Waals surface area contributed by atoms with Gasteiger partial charge in [-0.15, -0.1) is 0 Å². The molecule has 1 atom stereocenters. The van der Waals surface area contributed by atoms with E-state index in [9.17, 15) is 18.0 Å². The molecule has 0 aliphatic heterocycles. The van der Waals surface area contributed by atoms with Crippen LogP contribution >= 0.6 is 0 Å². The van der Waals surface area contributed by atoms with Crippen LogP contribution in [0, 0.1) is 0 Å². The molecule has 0 fully saturated rings. The van der Waals surface area contributed by atoms with E-state index in [1.54, 1.807) is 6.92 Å². The highest BCUT2D eigenvalue weighted by Crippen LogP contribution is 2.28. The molecule has 94 valence electrons. The summed E-state index contributed by atoms with van der Waals surface area (Å²) in [6.07, 6.45) is -3.82. The van der Waals surface area contributed by atoms with Crippen LogP contribution in [0.4, 0.5) is 13.2 Å². The quantitative estimate of drug-likeness (QED) is 0.842. The van der Waals surface area contributed by atoms with E-state index in [-0.39, 0.29) is 18.3 Å². The van der Waals surface area contributed by atoms with E-state index in [4.69, 9.17) is 5.73 Å². The predicted molar refractivity (Wildman–Crippen MR) is 55.2 cm³/mol. The maximum atomic E-state index is 12.2. The molecule has 0 radical (unpaired) electrons. The van der Waals surface area contributed by atoms with Crippen LogP contribution in [0.25, 0.3) is 0 Å². The van der Waals surface area contributed by atoms with E-state index in [2.05, 4.69) is 10.3 Å². The summed E-state index contributed by atoms with van der Waals surface area (Å²) in [4.78, 5) is 14.9. The SMILES string of the molecule is CC(CN)NC(=O)c1ccc(C(F)(F)F)cn1. The molecule has 1 unspecified atom stereocenters. The van der Waals surface area contributed by atoms with Gasteiger partial charge in [0.25, 0.3) is 5.91 Å². The van der Waals surface area contributed by atoms with E-state index in [0.29, 0.717) is 6.20 Å². The summed E-state index contributed by atoms with van der Waals surface area (Å²) in [5.41, 5.74) is 4.34. The van der Waals surface area contributed by atoms with Crippen molar-refractivity contribution in [2.45, 2.75) is 19.1 Å². The van der Waals surface area contributed by atoms with Crippen LogP contribution in [-0.4, -0.2) is 23.5 Å². The van der Waals surface area contributed by atoms with Crippen LogP contribution in [-0.2, 0) is 6.18 Å². The van der Waals surface area contributed by atoms with Gasteiger partial charge in [0.1, 0.15) is 5.69 Å². The molecule has 0 spiro atoms. The second-order valence-corrected chi connectivity index (χ2v) is 3.54. The van der Waals surface area contributed by atoms with Crippen molar-refractivity contribution in [2.75, 3.05) is 6.54 Å². The molecule has 0 saturated carbocycles. The van der Waals surface area contributed by atoms with Gasteiger partial charge in [-0.3, -0.25) is 9.78 Å². The highest BCUT2D eigenvalue weighted by atomic mass is 19.4. The first-order valence-corrected chi connectivity index (χ1v) is 4.88. The zero-order valence-electron chi connectivity index (χ0n) is 9.08. The lowest BCUT2D eigenvalue weighted by Gasteiger charge is -2.11. The third-order valence-electron chi connectivity index (χ3n) is 2.05. The second-order valence-electron chi connectivity index (χ2n) is 3.54. The Labute approximate surface area is 96.0 Å². The Morgan fingerprint density at radius 2 is 2.18 bits per heavy atom. The largest absolute Gasteiger partial charge is 0.417 e. The van der Waals surface area contributed by atoms with Gasteiger partial charge in [-0.1, -0.05) is 0 Å². The number of carbonyl (C=O) groups excluding carboxylic acids is 1. The average Bonchev–Trinajstić information content (AvgIpc) is 2.27. The Bertz CT molecular complexity index is 389. The van der Waals surface area contributed by atoms with Crippen LogP contribution in [0.5, 0.6) is 0 Å². The number of hydrogen-bond acceptors (Lipinski definition) is 3. The number of amides is 1. The molecule has 0 bridgehead atoms. The molecule has 1 amide bonds. The number of alkyl halides is 3. The van der Waals surface area contributed by atoms with Gasteiger partial charge < -0.3 is 11.1 Å². The smallest absolute Gasteiger partial charge is 0.347 e.